The molecular weight excluding hydrogens is 214 g/mol. The van der Waals surface area contributed by atoms with Crippen molar-refractivity contribution >= 4 is 5.69 Å². The summed E-state index contributed by atoms with van der Waals surface area (Å²) in [6, 6.07) is 7.20. The number of nitrogen functional groups attached to an aromatic ring is 1. The molecule has 1 aromatic carbocycles. The van der Waals surface area contributed by atoms with Crippen LogP contribution in [0, 0.1) is 0 Å². The Morgan fingerprint density at radius 3 is 2.12 bits per heavy atom. The van der Waals surface area contributed by atoms with Crippen molar-refractivity contribution in [3.63, 3.8) is 0 Å². The van der Waals surface area contributed by atoms with Gasteiger partial charge in [-0.2, -0.15) is 0 Å². The highest BCUT2D eigenvalue weighted by Gasteiger charge is 2.03. The van der Waals surface area contributed by atoms with E-state index in [1.54, 1.807) is 24.5 Å². The Morgan fingerprint density at radius 1 is 1.00 bits per heavy atom. The van der Waals surface area contributed by atoms with Gasteiger partial charge in [0.05, 0.1) is 12.4 Å². The minimum atomic E-state index is 0.320. The molecule has 4 nitrogen and oxygen atoms in total. The topological polar surface area (TPSA) is 61.0 Å². The van der Waals surface area contributed by atoms with Crippen molar-refractivity contribution in [3.8, 4) is 11.5 Å². The summed E-state index contributed by atoms with van der Waals surface area (Å²) in [5.41, 5.74) is 6.30. The normalized spacial score (nSPS) is 10.5. The number of anilines is 1. The Kier molecular flexibility index (Phi) is 3.23. The summed E-state index contributed by atoms with van der Waals surface area (Å²) < 4.78 is 5.59. The van der Waals surface area contributed by atoms with Gasteiger partial charge in [-0.25, -0.2) is 9.97 Å². The van der Waals surface area contributed by atoms with Gasteiger partial charge >= 0.3 is 0 Å². The second kappa shape index (κ2) is 4.82. The molecule has 2 aromatic rings. The number of benzene rings is 1. The van der Waals surface area contributed by atoms with E-state index in [0.717, 1.165) is 11.6 Å². The highest BCUT2D eigenvalue weighted by atomic mass is 16.5. The fourth-order valence-electron chi connectivity index (χ4n) is 1.35. The molecule has 17 heavy (non-hydrogen) atoms. The molecule has 0 radical (unpaired) electrons. The smallest absolute Gasteiger partial charge is 0.164 e. The molecule has 0 aliphatic heterocycles. The van der Waals surface area contributed by atoms with E-state index in [4.69, 9.17) is 10.5 Å². The van der Waals surface area contributed by atoms with Gasteiger partial charge in [0.15, 0.2) is 5.75 Å². The average molecular weight is 229 g/mol. The molecule has 0 saturated carbocycles. The largest absolute Gasteiger partial charge is 0.454 e. The second-order valence-electron chi connectivity index (χ2n) is 4.10. The molecule has 0 aliphatic rings. The van der Waals surface area contributed by atoms with E-state index in [2.05, 4.69) is 23.8 Å². The summed E-state index contributed by atoms with van der Waals surface area (Å²) >= 11 is 0. The Hall–Kier alpha value is -2.10. The molecule has 0 bridgehead atoms. The third-order valence-electron chi connectivity index (χ3n) is 2.28. The van der Waals surface area contributed by atoms with E-state index in [1.165, 1.54) is 0 Å². The van der Waals surface area contributed by atoms with E-state index in [-0.39, 0.29) is 0 Å². The van der Waals surface area contributed by atoms with Crippen LogP contribution >= 0.6 is 0 Å². The zero-order valence-corrected chi connectivity index (χ0v) is 9.92. The molecule has 0 amide bonds. The Labute approximate surface area is 100 Å². The summed E-state index contributed by atoms with van der Waals surface area (Å²) in [6.07, 6.45) is 3.36. The predicted octanol–water partition coefficient (Wildman–Crippen LogP) is 2.97. The molecule has 0 atom stereocenters. The lowest BCUT2D eigenvalue weighted by Crippen LogP contribution is -1.97. The molecule has 2 N–H and O–H groups in total. The van der Waals surface area contributed by atoms with Gasteiger partial charge in [0.2, 0.25) is 0 Å². The number of nitrogens with two attached hydrogens (primary N) is 1. The lowest BCUT2D eigenvalue weighted by molar-refractivity contribution is 0.475. The van der Waals surface area contributed by atoms with E-state index in [0.29, 0.717) is 17.4 Å². The molecule has 0 spiro atoms. The maximum atomic E-state index is 5.59. The average Bonchev–Trinajstić information content (AvgIpc) is 2.33. The predicted molar refractivity (Wildman–Crippen MR) is 67.0 cm³/mol. The number of ether oxygens (including phenoxy) is 1. The molecule has 1 heterocycles. The van der Waals surface area contributed by atoms with Gasteiger partial charge in [-0.1, -0.05) is 13.8 Å². The number of nitrogens with zero attached hydrogens (tertiary/aromatic N) is 2. The summed E-state index contributed by atoms with van der Waals surface area (Å²) in [5.74, 6) is 2.48. The molecule has 2 rings (SSSR count). The summed E-state index contributed by atoms with van der Waals surface area (Å²) in [4.78, 5) is 8.46. The zero-order chi connectivity index (χ0) is 12.3. The van der Waals surface area contributed by atoms with Gasteiger partial charge in [-0.05, 0) is 24.3 Å². The van der Waals surface area contributed by atoms with Crippen LogP contribution in [0.25, 0.3) is 0 Å². The molecule has 4 heteroatoms. The van der Waals surface area contributed by atoms with Crippen LogP contribution in [0.15, 0.2) is 36.7 Å². The lowest BCUT2D eigenvalue weighted by atomic mass is 10.2. The molecule has 88 valence electrons. The number of rotatable bonds is 3. The Balaban J connectivity index is 2.11. The van der Waals surface area contributed by atoms with Crippen LogP contribution in [0.1, 0.15) is 25.6 Å². The molecular formula is C13H15N3O. The van der Waals surface area contributed by atoms with Gasteiger partial charge in [0.1, 0.15) is 11.6 Å². The zero-order valence-electron chi connectivity index (χ0n) is 9.92. The Bertz CT molecular complexity index is 477. The van der Waals surface area contributed by atoms with Crippen LogP contribution in [0.5, 0.6) is 11.5 Å². The number of aromatic nitrogens is 2. The first kappa shape index (κ1) is 11.4. The van der Waals surface area contributed by atoms with Crippen molar-refractivity contribution in [1.29, 1.82) is 0 Å². The van der Waals surface area contributed by atoms with Crippen molar-refractivity contribution < 1.29 is 4.74 Å². The summed E-state index contributed by atoms with van der Waals surface area (Å²) in [6.45, 7) is 4.10. The number of hydrogen-bond acceptors (Lipinski definition) is 4. The minimum Gasteiger partial charge on any atom is -0.454 e. The van der Waals surface area contributed by atoms with Crippen molar-refractivity contribution in [2.24, 2.45) is 0 Å². The highest BCUT2D eigenvalue weighted by Crippen LogP contribution is 2.21. The van der Waals surface area contributed by atoms with Gasteiger partial charge in [0, 0.05) is 11.6 Å². The van der Waals surface area contributed by atoms with Gasteiger partial charge in [-0.3, -0.25) is 0 Å². The fraction of sp³-hybridized carbons (Fsp3) is 0.231. The third kappa shape index (κ3) is 2.93. The lowest BCUT2D eigenvalue weighted by Gasteiger charge is -2.07. The van der Waals surface area contributed by atoms with Crippen LogP contribution in [0.4, 0.5) is 5.69 Å². The van der Waals surface area contributed by atoms with Crippen LogP contribution in [-0.4, -0.2) is 9.97 Å². The first-order chi connectivity index (χ1) is 8.15. The van der Waals surface area contributed by atoms with E-state index in [9.17, 15) is 0 Å². The van der Waals surface area contributed by atoms with E-state index in [1.807, 2.05) is 12.1 Å². The van der Waals surface area contributed by atoms with Crippen molar-refractivity contribution in [3.05, 3.63) is 42.5 Å². The SMILES string of the molecule is CC(C)c1ncc(Oc2ccc(N)cc2)cn1. The maximum Gasteiger partial charge on any atom is 0.164 e. The van der Waals surface area contributed by atoms with Crippen LogP contribution in [0.3, 0.4) is 0 Å². The Morgan fingerprint density at radius 2 is 1.59 bits per heavy atom. The van der Waals surface area contributed by atoms with Gasteiger partial charge in [0.25, 0.3) is 0 Å². The van der Waals surface area contributed by atoms with E-state index >= 15 is 0 Å². The van der Waals surface area contributed by atoms with Crippen molar-refractivity contribution in [1.82, 2.24) is 9.97 Å². The first-order valence-electron chi connectivity index (χ1n) is 5.50. The molecule has 1 aromatic heterocycles. The molecule has 0 saturated heterocycles. The number of hydrogen-bond donors (Lipinski definition) is 1. The highest BCUT2D eigenvalue weighted by molar-refractivity contribution is 5.42. The van der Waals surface area contributed by atoms with Crippen LogP contribution in [0.2, 0.25) is 0 Å². The standard InChI is InChI=1S/C13H15N3O/c1-9(2)13-15-7-12(8-16-13)17-11-5-3-10(14)4-6-11/h3-9H,14H2,1-2H3. The van der Waals surface area contributed by atoms with Crippen molar-refractivity contribution in [2.45, 2.75) is 19.8 Å². The summed E-state index contributed by atoms with van der Waals surface area (Å²) in [7, 11) is 0. The fourth-order valence-corrected chi connectivity index (χ4v) is 1.35. The van der Waals surface area contributed by atoms with Crippen molar-refractivity contribution in [2.75, 3.05) is 5.73 Å². The van der Waals surface area contributed by atoms with Gasteiger partial charge in [-0.15, -0.1) is 0 Å². The molecule has 0 unspecified atom stereocenters. The summed E-state index contributed by atoms with van der Waals surface area (Å²) in [5, 5.41) is 0. The second-order valence-corrected chi connectivity index (χ2v) is 4.10. The van der Waals surface area contributed by atoms with E-state index < -0.39 is 0 Å². The minimum absolute atomic E-state index is 0.320. The first-order valence-corrected chi connectivity index (χ1v) is 5.50. The molecule has 0 aliphatic carbocycles. The molecule has 0 fully saturated rings. The van der Waals surface area contributed by atoms with Crippen LogP contribution in [-0.2, 0) is 0 Å². The quantitative estimate of drug-likeness (QED) is 0.822. The van der Waals surface area contributed by atoms with Gasteiger partial charge < -0.3 is 10.5 Å². The monoisotopic (exact) mass is 229 g/mol. The van der Waals surface area contributed by atoms with Crippen LogP contribution < -0.4 is 10.5 Å². The third-order valence-corrected chi connectivity index (χ3v) is 2.28. The maximum absolute atomic E-state index is 5.59.